The van der Waals surface area contributed by atoms with Gasteiger partial charge in [0.1, 0.15) is 11.7 Å². The van der Waals surface area contributed by atoms with Gasteiger partial charge in [0.15, 0.2) is 9.84 Å². The molecule has 1 aromatic rings. The Bertz CT molecular complexity index is 635. The molecule has 6 nitrogen and oxygen atoms in total. The van der Waals surface area contributed by atoms with Crippen molar-refractivity contribution in [3.8, 4) is 0 Å². The number of hydrogen-bond donors (Lipinski definition) is 1. The van der Waals surface area contributed by atoms with Crippen molar-refractivity contribution in [3.63, 3.8) is 0 Å². The first-order chi connectivity index (χ1) is 9.46. The minimum Gasteiger partial charge on any atom is -0.481 e. The lowest BCUT2D eigenvalue weighted by Gasteiger charge is -2.20. The number of carboxylic acid groups (broad SMARTS) is 1. The van der Waals surface area contributed by atoms with Gasteiger partial charge in [-0.25, -0.2) is 13.4 Å². The molecule has 2 atom stereocenters. The number of imidazole rings is 1. The van der Waals surface area contributed by atoms with Gasteiger partial charge in [0.2, 0.25) is 0 Å². The molecule has 0 radical (unpaired) electrons. The standard InChI is InChI=1S/C13H18N2O4S/c16-13(17)10-4-1-5-15-7-11(14-12(10)15)9-3-2-6-20(18,19)8-9/h7,9-10H,1-6,8H2,(H,16,17). The fourth-order valence-corrected chi connectivity index (χ4v) is 4.91. The summed E-state index contributed by atoms with van der Waals surface area (Å²) in [6.45, 7) is 0.769. The number of nitrogens with zero attached hydrogens (tertiary/aromatic N) is 2. The Morgan fingerprint density at radius 1 is 1.35 bits per heavy atom. The molecule has 20 heavy (non-hydrogen) atoms. The zero-order valence-corrected chi connectivity index (χ0v) is 12.0. The van der Waals surface area contributed by atoms with Gasteiger partial charge in [0.05, 0.1) is 17.2 Å². The van der Waals surface area contributed by atoms with Crippen molar-refractivity contribution in [2.24, 2.45) is 0 Å². The number of hydrogen-bond acceptors (Lipinski definition) is 4. The van der Waals surface area contributed by atoms with Gasteiger partial charge >= 0.3 is 5.97 Å². The zero-order chi connectivity index (χ0) is 14.3. The highest BCUT2D eigenvalue weighted by molar-refractivity contribution is 7.91. The Hall–Kier alpha value is -1.37. The minimum absolute atomic E-state index is 0.0821. The van der Waals surface area contributed by atoms with Crippen LogP contribution in [0.5, 0.6) is 0 Å². The number of sulfone groups is 1. The van der Waals surface area contributed by atoms with Crippen LogP contribution >= 0.6 is 0 Å². The Labute approximate surface area is 117 Å². The van der Waals surface area contributed by atoms with Crippen LogP contribution in [0.1, 0.15) is 49.0 Å². The molecule has 3 heterocycles. The van der Waals surface area contributed by atoms with Crippen LogP contribution in [0.3, 0.4) is 0 Å². The molecule has 0 saturated carbocycles. The summed E-state index contributed by atoms with van der Waals surface area (Å²) in [7, 11) is -2.98. The van der Waals surface area contributed by atoms with Gasteiger partial charge in [0.25, 0.3) is 0 Å². The van der Waals surface area contributed by atoms with Crippen LogP contribution in [-0.4, -0.2) is 40.6 Å². The zero-order valence-electron chi connectivity index (χ0n) is 11.2. The molecule has 0 bridgehead atoms. The van der Waals surface area contributed by atoms with Crippen LogP contribution in [0, 0.1) is 0 Å². The third kappa shape index (κ3) is 2.46. The minimum atomic E-state index is -2.98. The van der Waals surface area contributed by atoms with Crippen LogP contribution in [0.25, 0.3) is 0 Å². The van der Waals surface area contributed by atoms with E-state index in [0.717, 1.165) is 25.1 Å². The maximum absolute atomic E-state index is 11.7. The van der Waals surface area contributed by atoms with E-state index in [1.165, 1.54) is 0 Å². The van der Waals surface area contributed by atoms with Crippen LogP contribution in [0.15, 0.2) is 6.20 Å². The predicted molar refractivity (Wildman–Crippen MR) is 72.5 cm³/mol. The molecule has 0 spiro atoms. The summed E-state index contributed by atoms with van der Waals surface area (Å²) in [5, 5.41) is 9.24. The molecule has 2 aliphatic heterocycles. The van der Waals surface area contributed by atoms with Gasteiger partial charge in [0, 0.05) is 18.7 Å². The van der Waals surface area contributed by atoms with Gasteiger partial charge in [-0.1, -0.05) is 0 Å². The lowest BCUT2D eigenvalue weighted by atomic mass is 9.99. The number of aliphatic carboxylic acids is 1. The van der Waals surface area contributed by atoms with Gasteiger partial charge in [-0.05, 0) is 25.7 Å². The third-order valence-corrected chi connectivity index (χ3v) is 6.03. The highest BCUT2D eigenvalue weighted by Gasteiger charge is 2.32. The number of fused-ring (bicyclic) bond motifs is 1. The molecule has 0 aliphatic carbocycles. The van der Waals surface area contributed by atoms with Crippen molar-refractivity contribution in [3.05, 3.63) is 17.7 Å². The molecule has 7 heteroatoms. The first kappa shape index (κ1) is 13.6. The first-order valence-corrected chi connectivity index (χ1v) is 8.78. The Kier molecular flexibility index (Phi) is 3.32. The smallest absolute Gasteiger partial charge is 0.314 e. The summed E-state index contributed by atoms with van der Waals surface area (Å²) in [5.41, 5.74) is 0.747. The molecule has 1 aromatic heterocycles. The molecular weight excluding hydrogens is 280 g/mol. The van der Waals surface area contributed by atoms with Gasteiger partial charge in [-0.2, -0.15) is 0 Å². The first-order valence-electron chi connectivity index (χ1n) is 6.96. The summed E-state index contributed by atoms with van der Waals surface area (Å²) in [4.78, 5) is 15.7. The van der Waals surface area contributed by atoms with E-state index in [2.05, 4.69) is 4.98 Å². The normalized spacial score (nSPS) is 28.8. The average Bonchev–Trinajstić information content (AvgIpc) is 2.80. The number of carbonyl (C=O) groups is 1. The van der Waals surface area contributed by atoms with E-state index in [1.807, 2.05) is 10.8 Å². The number of carboxylic acids is 1. The molecule has 1 saturated heterocycles. The van der Waals surface area contributed by atoms with Crippen molar-refractivity contribution in [2.75, 3.05) is 11.5 Å². The molecule has 2 unspecified atom stereocenters. The summed E-state index contributed by atoms with van der Waals surface area (Å²) in [6.07, 6.45) is 4.76. The van der Waals surface area contributed by atoms with E-state index in [0.29, 0.717) is 18.7 Å². The SMILES string of the molecule is O=C(O)C1CCCn2cc(C3CCCS(=O)(=O)C3)nc21. The predicted octanol–water partition coefficient (Wildman–Crippen LogP) is 1.14. The molecule has 1 N–H and O–H groups in total. The van der Waals surface area contributed by atoms with E-state index in [4.69, 9.17) is 0 Å². The molecule has 110 valence electrons. The van der Waals surface area contributed by atoms with Crippen LogP contribution in [0.2, 0.25) is 0 Å². The van der Waals surface area contributed by atoms with Gasteiger partial charge in [-0.15, -0.1) is 0 Å². The van der Waals surface area contributed by atoms with Crippen molar-refractivity contribution in [1.29, 1.82) is 0 Å². The second-order valence-electron chi connectivity index (χ2n) is 5.70. The molecular formula is C13H18N2O4S. The Morgan fingerprint density at radius 2 is 2.15 bits per heavy atom. The van der Waals surface area contributed by atoms with Crippen LogP contribution in [0.4, 0.5) is 0 Å². The van der Waals surface area contributed by atoms with Crippen molar-refractivity contribution >= 4 is 15.8 Å². The average molecular weight is 298 g/mol. The quantitative estimate of drug-likeness (QED) is 0.884. The van der Waals surface area contributed by atoms with Crippen LogP contribution in [-0.2, 0) is 21.2 Å². The maximum atomic E-state index is 11.7. The fraction of sp³-hybridized carbons (Fsp3) is 0.692. The molecule has 2 aliphatic rings. The van der Waals surface area contributed by atoms with Crippen LogP contribution < -0.4 is 0 Å². The third-order valence-electron chi connectivity index (χ3n) is 4.21. The van der Waals surface area contributed by atoms with Gasteiger partial charge < -0.3 is 9.67 Å². The number of aromatic nitrogens is 2. The van der Waals surface area contributed by atoms with Crippen molar-refractivity contribution in [2.45, 2.75) is 44.1 Å². The number of aryl methyl sites for hydroxylation is 1. The topological polar surface area (TPSA) is 89.3 Å². The lowest BCUT2D eigenvalue weighted by molar-refractivity contribution is -0.139. The summed E-state index contributed by atoms with van der Waals surface area (Å²) in [6, 6.07) is 0. The monoisotopic (exact) mass is 298 g/mol. The highest BCUT2D eigenvalue weighted by atomic mass is 32.2. The largest absolute Gasteiger partial charge is 0.481 e. The summed E-state index contributed by atoms with van der Waals surface area (Å²) in [5.74, 6) is -0.504. The summed E-state index contributed by atoms with van der Waals surface area (Å²) >= 11 is 0. The molecule has 0 aromatic carbocycles. The van der Waals surface area contributed by atoms with Crippen molar-refractivity contribution < 1.29 is 18.3 Å². The number of rotatable bonds is 2. The second kappa shape index (κ2) is 4.87. The van der Waals surface area contributed by atoms with E-state index >= 15 is 0 Å². The van der Waals surface area contributed by atoms with E-state index in [9.17, 15) is 18.3 Å². The lowest BCUT2D eigenvalue weighted by Crippen LogP contribution is -2.24. The Morgan fingerprint density at radius 3 is 2.85 bits per heavy atom. The Balaban J connectivity index is 1.91. The molecule has 0 amide bonds. The second-order valence-corrected chi connectivity index (χ2v) is 7.93. The van der Waals surface area contributed by atoms with E-state index in [-0.39, 0.29) is 17.4 Å². The van der Waals surface area contributed by atoms with Gasteiger partial charge in [-0.3, -0.25) is 4.79 Å². The van der Waals surface area contributed by atoms with Crippen molar-refractivity contribution in [1.82, 2.24) is 9.55 Å². The van der Waals surface area contributed by atoms with E-state index in [1.54, 1.807) is 0 Å². The fourth-order valence-electron chi connectivity index (χ4n) is 3.19. The molecule has 1 fully saturated rings. The molecule has 3 rings (SSSR count). The maximum Gasteiger partial charge on any atom is 0.314 e. The summed E-state index contributed by atoms with van der Waals surface area (Å²) < 4.78 is 25.3. The highest BCUT2D eigenvalue weighted by Crippen LogP contribution is 2.32. The van der Waals surface area contributed by atoms with E-state index < -0.39 is 21.7 Å².